The molecule has 0 spiro atoms. The SMILES string of the molecule is CC(C)NC(=O)Nc1ccc(C(=O)NCCC2CCNC2)cc1.Cl. The molecule has 0 aliphatic carbocycles. The fourth-order valence-corrected chi connectivity index (χ4v) is 2.59. The fourth-order valence-electron chi connectivity index (χ4n) is 2.59. The molecule has 0 saturated carbocycles. The van der Waals surface area contributed by atoms with Crippen LogP contribution in [0, 0.1) is 5.92 Å². The summed E-state index contributed by atoms with van der Waals surface area (Å²) < 4.78 is 0. The summed E-state index contributed by atoms with van der Waals surface area (Å²) >= 11 is 0. The quantitative estimate of drug-likeness (QED) is 0.633. The molecule has 1 aliphatic heterocycles. The molecule has 1 aromatic carbocycles. The van der Waals surface area contributed by atoms with Crippen LogP contribution in [0.2, 0.25) is 0 Å². The predicted molar refractivity (Wildman–Crippen MR) is 98.9 cm³/mol. The highest BCUT2D eigenvalue weighted by Gasteiger charge is 2.14. The van der Waals surface area contributed by atoms with Crippen molar-refractivity contribution in [3.8, 4) is 0 Å². The number of carbonyl (C=O) groups excluding carboxylic acids is 2. The second-order valence-corrected chi connectivity index (χ2v) is 6.23. The maximum absolute atomic E-state index is 12.1. The summed E-state index contributed by atoms with van der Waals surface area (Å²) in [5.74, 6) is 0.593. The summed E-state index contributed by atoms with van der Waals surface area (Å²) in [6, 6.07) is 6.73. The van der Waals surface area contributed by atoms with Crippen molar-refractivity contribution in [2.75, 3.05) is 25.0 Å². The molecule has 1 fully saturated rings. The van der Waals surface area contributed by atoms with E-state index in [1.54, 1.807) is 24.3 Å². The van der Waals surface area contributed by atoms with Crippen LogP contribution in [0.4, 0.5) is 10.5 Å². The molecular weight excluding hydrogens is 328 g/mol. The lowest BCUT2D eigenvalue weighted by atomic mass is 10.1. The smallest absolute Gasteiger partial charge is 0.319 e. The van der Waals surface area contributed by atoms with Crippen LogP contribution in [-0.4, -0.2) is 37.6 Å². The molecule has 1 atom stereocenters. The summed E-state index contributed by atoms with van der Waals surface area (Å²) in [4.78, 5) is 23.7. The average molecular weight is 355 g/mol. The summed E-state index contributed by atoms with van der Waals surface area (Å²) in [5.41, 5.74) is 1.26. The minimum absolute atomic E-state index is 0. The molecule has 1 heterocycles. The highest BCUT2D eigenvalue weighted by Crippen LogP contribution is 2.12. The van der Waals surface area contributed by atoms with Crippen LogP contribution in [0.25, 0.3) is 0 Å². The van der Waals surface area contributed by atoms with E-state index in [1.165, 1.54) is 6.42 Å². The van der Waals surface area contributed by atoms with Gasteiger partial charge in [0, 0.05) is 23.8 Å². The van der Waals surface area contributed by atoms with Crippen molar-refractivity contribution in [1.82, 2.24) is 16.0 Å². The van der Waals surface area contributed by atoms with E-state index in [1.807, 2.05) is 13.8 Å². The Hall–Kier alpha value is -1.79. The molecule has 1 unspecified atom stereocenters. The van der Waals surface area contributed by atoms with Gasteiger partial charge in [0.25, 0.3) is 5.91 Å². The van der Waals surface area contributed by atoms with Crippen molar-refractivity contribution < 1.29 is 9.59 Å². The standard InChI is InChI=1S/C17H26N4O2.ClH/c1-12(2)20-17(23)21-15-5-3-14(4-6-15)16(22)19-10-8-13-7-9-18-11-13;/h3-6,12-13,18H,7-11H2,1-2H3,(H,19,22)(H2,20,21,23);1H. The molecule has 24 heavy (non-hydrogen) atoms. The molecule has 4 N–H and O–H groups in total. The average Bonchev–Trinajstić information content (AvgIpc) is 3.00. The normalized spacial score (nSPS) is 16.4. The van der Waals surface area contributed by atoms with Crippen molar-refractivity contribution in [1.29, 1.82) is 0 Å². The van der Waals surface area contributed by atoms with Crippen molar-refractivity contribution in [3.63, 3.8) is 0 Å². The molecule has 0 aromatic heterocycles. The third-order valence-electron chi connectivity index (χ3n) is 3.83. The molecule has 2 rings (SSSR count). The summed E-state index contributed by atoms with van der Waals surface area (Å²) in [6.07, 6.45) is 2.20. The third kappa shape index (κ3) is 6.76. The molecule has 0 bridgehead atoms. The Labute approximate surface area is 149 Å². The first-order chi connectivity index (χ1) is 11.0. The Balaban J connectivity index is 0.00000288. The van der Waals surface area contributed by atoms with Gasteiger partial charge in [0.1, 0.15) is 0 Å². The van der Waals surface area contributed by atoms with Crippen LogP contribution >= 0.6 is 12.4 Å². The van der Waals surface area contributed by atoms with E-state index in [-0.39, 0.29) is 30.4 Å². The van der Waals surface area contributed by atoms with Gasteiger partial charge in [-0.3, -0.25) is 4.79 Å². The zero-order valence-corrected chi connectivity index (χ0v) is 15.0. The summed E-state index contributed by atoms with van der Waals surface area (Å²) in [6.45, 7) is 6.62. The number of rotatable bonds is 6. The van der Waals surface area contributed by atoms with Crippen molar-refractivity contribution >= 4 is 30.0 Å². The van der Waals surface area contributed by atoms with Crippen molar-refractivity contribution in [2.45, 2.75) is 32.7 Å². The highest BCUT2D eigenvalue weighted by molar-refractivity contribution is 5.95. The van der Waals surface area contributed by atoms with Gasteiger partial charge in [-0.2, -0.15) is 0 Å². The number of hydrogen-bond donors (Lipinski definition) is 4. The summed E-state index contributed by atoms with van der Waals surface area (Å²) in [5, 5.41) is 11.7. The molecule has 3 amide bonds. The second kappa shape index (κ2) is 10.2. The molecular formula is C17H27ClN4O2. The number of anilines is 1. The van der Waals surface area contributed by atoms with E-state index >= 15 is 0 Å². The number of nitrogens with one attached hydrogen (secondary N) is 4. The zero-order chi connectivity index (χ0) is 16.7. The molecule has 1 saturated heterocycles. The second-order valence-electron chi connectivity index (χ2n) is 6.23. The lowest BCUT2D eigenvalue weighted by Crippen LogP contribution is -2.34. The van der Waals surface area contributed by atoms with Crippen LogP contribution in [0.15, 0.2) is 24.3 Å². The van der Waals surface area contributed by atoms with Gasteiger partial charge in [-0.05, 0) is 70.0 Å². The fraction of sp³-hybridized carbons (Fsp3) is 0.529. The largest absolute Gasteiger partial charge is 0.352 e. The third-order valence-corrected chi connectivity index (χ3v) is 3.83. The number of urea groups is 1. The van der Waals surface area contributed by atoms with E-state index in [0.29, 0.717) is 23.7 Å². The van der Waals surface area contributed by atoms with Gasteiger partial charge >= 0.3 is 6.03 Å². The van der Waals surface area contributed by atoms with Gasteiger partial charge < -0.3 is 21.3 Å². The van der Waals surface area contributed by atoms with Gasteiger partial charge in [-0.1, -0.05) is 0 Å². The van der Waals surface area contributed by atoms with Crippen molar-refractivity contribution in [3.05, 3.63) is 29.8 Å². The van der Waals surface area contributed by atoms with Crippen LogP contribution in [0.3, 0.4) is 0 Å². The van der Waals surface area contributed by atoms with Crippen LogP contribution in [-0.2, 0) is 0 Å². The minimum Gasteiger partial charge on any atom is -0.352 e. The number of amides is 3. The lowest BCUT2D eigenvalue weighted by Gasteiger charge is -2.11. The van der Waals surface area contributed by atoms with E-state index in [0.717, 1.165) is 19.5 Å². The Morgan fingerprint density at radius 3 is 2.54 bits per heavy atom. The molecule has 0 radical (unpaired) electrons. The van der Waals surface area contributed by atoms with E-state index in [9.17, 15) is 9.59 Å². The number of halogens is 1. The molecule has 6 nitrogen and oxygen atoms in total. The predicted octanol–water partition coefficient (Wildman–Crippen LogP) is 2.37. The number of carbonyl (C=O) groups is 2. The van der Waals surface area contributed by atoms with Gasteiger partial charge in [0.05, 0.1) is 0 Å². The van der Waals surface area contributed by atoms with Crippen LogP contribution in [0.5, 0.6) is 0 Å². The summed E-state index contributed by atoms with van der Waals surface area (Å²) in [7, 11) is 0. The maximum Gasteiger partial charge on any atom is 0.319 e. The molecule has 134 valence electrons. The van der Waals surface area contributed by atoms with Gasteiger partial charge in [0.2, 0.25) is 0 Å². The zero-order valence-electron chi connectivity index (χ0n) is 14.2. The van der Waals surface area contributed by atoms with Gasteiger partial charge in [-0.15, -0.1) is 12.4 Å². The number of benzene rings is 1. The first-order valence-corrected chi connectivity index (χ1v) is 8.21. The topological polar surface area (TPSA) is 82.3 Å². The first-order valence-electron chi connectivity index (χ1n) is 8.21. The van der Waals surface area contributed by atoms with Gasteiger partial charge in [-0.25, -0.2) is 4.79 Å². The minimum atomic E-state index is -0.248. The molecule has 1 aliphatic rings. The lowest BCUT2D eigenvalue weighted by molar-refractivity contribution is 0.0951. The highest BCUT2D eigenvalue weighted by atomic mass is 35.5. The van der Waals surface area contributed by atoms with Gasteiger partial charge in [0.15, 0.2) is 0 Å². The Morgan fingerprint density at radius 2 is 1.96 bits per heavy atom. The Morgan fingerprint density at radius 1 is 1.25 bits per heavy atom. The first kappa shape index (κ1) is 20.3. The van der Waals surface area contributed by atoms with E-state index in [4.69, 9.17) is 0 Å². The Bertz CT molecular complexity index is 528. The van der Waals surface area contributed by atoms with Crippen molar-refractivity contribution in [2.24, 2.45) is 5.92 Å². The maximum atomic E-state index is 12.1. The number of hydrogen-bond acceptors (Lipinski definition) is 3. The van der Waals surface area contributed by atoms with E-state index in [2.05, 4.69) is 21.3 Å². The molecule has 1 aromatic rings. The Kier molecular flexibility index (Phi) is 8.57. The van der Waals surface area contributed by atoms with Crippen LogP contribution < -0.4 is 21.3 Å². The van der Waals surface area contributed by atoms with E-state index < -0.39 is 0 Å². The van der Waals surface area contributed by atoms with Crippen LogP contribution in [0.1, 0.15) is 37.0 Å². The molecule has 7 heteroatoms. The monoisotopic (exact) mass is 354 g/mol.